The molecule has 1 amide bonds. The van der Waals surface area contributed by atoms with Crippen LogP contribution >= 0.6 is 0 Å². The van der Waals surface area contributed by atoms with E-state index in [1.54, 1.807) is 6.92 Å². The molecule has 0 spiro atoms. The lowest BCUT2D eigenvalue weighted by atomic mass is 9.77. The SMILES string of the molecule is C=C(C)C(=O)N1C(C)(C)CC(OCCC#N)CC1(C)C. The Morgan fingerprint density at radius 3 is 2.25 bits per heavy atom. The van der Waals surface area contributed by atoms with E-state index in [2.05, 4.69) is 40.3 Å². The fraction of sp³-hybridized carbons (Fsp3) is 0.750. The first-order valence-corrected chi connectivity index (χ1v) is 7.10. The smallest absolute Gasteiger partial charge is 0.249 e. The lowest BCUT2D eigenvalue weighted by Crippen LogP contribution is -2.64. The van der Waals surface area contributed by atoms with Gasteiger partial charge < -0.3 is 9.64 Å². The van der Waals surface area contributed by atoms with Crippen molar-refractivity contribution in [2.24, 2.45) is 0 Å². The second kappa shape index (κ2) is 5.97. The van der Waals surface area contributed by atoms with Gasteiger partial charge in [0, 0.05) is 16.7 Å². The lowest BCUT2D eigenvalue weighted by molar-refractivity contribution is -0.153. The van der Waals surface area contributed by atoms with E-state index < -0.39 is 0 Å². The minimum Gasteiger partial charge on any atom is -0.377 e. The van der Waals surface area contributed by atoms with E-state index in [9.17, 15) is 4.79 Å². The highest BCUT2D eigenvalue weighted by Crippen LogP contribution is 2.40. The van der Waals surface area contributed by atoms with Gasteiger partial charge in [-0.05, 0) is 47.5 Å². The summed E-state index contributed by atoms with van der Waals surface area (Å²) in [6.07, 6.45) is 2.05. The molecule has 0 radical (unpaired) electrons. The molecule has 0 unspecified atom stereocenters. The van der Waals surface area contributed by atoms with E-state index in [4.69, 9.17) is 10.00 Å². The van der Waals surface area contributed by atoms with E-state index in [1.807, 2.05) is 4.90 Å². The lowest BCUT2D eigenvalue weighted by Gasteiger charge is -2.55. The summed E-state index contributed by atoms with van der Waals surface area (Å²) in [5, 5.41) is 8.58. The zero-order chi connectivity index (χ0) is 15.6. The number of rotatable bonds is 4. The van der Waals surface area contributed by atoms with Crippen LogP contribution in [0.25, 0.3) is 0 Å². The molecule has 0 aromatic heterocycles. The highest BCUT2D eigenvalue weighted by atomic mass is 16.5. The molecule has 1 aliphatic rings. The number of ether oxygens (including phenoxy) is 1. The Labute approximate surface area is 122 Å². The first kappa shape index (κ1) is 16.7. The molecule has 0 aliphatic carbocycles. The van der Waals surface area contributed by atoms with Gasteiger partial charge in [-0.3, -0.25) is 4.79 Å². The van der Waals surface area contributed by atoms with Gasteiger partial charge in [-0.2, -0.15) is 5.26 Å². The highest BCUT2D eigenvalue weighted by molar-refractivity contribution is 5.93. The van der Waals surface area contributed by atoms with E-state index >= 15 is 0 Å². The van der Waals surface area contributed by atoms with Crippen molar-refractivity contribution in [3.63, 3.8) is 0 Å². The van der Waals surface area contributed by atoms with Gasteiger partial charge in [-0.1, -0.05) is 6.58 Å². The van der Waals surface area contributed by atoms with Crippen molar-refractivity contribution in [2.45, 2.75) is 71.1 Å². The molecule has 1 heterocycles. The van der Waals surface area contributed by atoms with Gasteiger partial charge in [0.25, 0.3) is 0 Å². The number of piperidine rings is 1. The van der Waals surface area contributed by atoms with Gasteiger partial charge in [-0.15, -0.1) is 0 Å². The van der Waals surface area contributed by atoms with Gasteiger partial charge in [0.15, 0.2) is 0 Å². The van der Waals surface area contributed by atoms with Gasteiger partial charge in [0.1, 0.15) is 0 Å². The molecule has 1 aliphatic heterocycles. The fourth-order valence-electron chi connectivity index (χ4n) is 3.32. The van der Waals surface area contributed by atoms with Crippen LogP contribution in [0.2, 0.25) is 0 Å². The maximum absolute atomic E-state index is 12.4. The Balaban J connectivity index is 2.90. The molecule has 1 saturated heterocycles. The van der Waals surface area contributed by atoms with Crippen molar-refractivity contribution >= 4 is 5.91 Å². The summed E-state index contributed by atoms with van der Waals surface area (Å²) in [6, 6.07) is 2.09. The predicted octanol–water partition coefficient (Wildman–Crippen LogP) is 3.04. The first-order chi connectivity index (χ1) is 9.12. The summed E-state index contributed by atoms with van der Waals surface area (Å²) in [5.41, 5.74) is -0.000477. The van der Waals surface area contributed by atoms with Crippen LogP contribution in [0.15, 0.2) is 12.2 Å². The average Bonchev–Trinajstić information content (AvgIpc) is 2.25. The molecule has 112 valence electrons. The first-order valence-electron chi connectivity index (χ1n) is 7.10. The number of hydrogen-bond donors (Lipinski definition) is 0. The standard InChI is InChI=1S/C16H26N2O2/c1-12(2)14(19)18-15(3,4)10-13(11-16(18,5)6)20-9-7-8-17/h13H,1,7,9-11H2,2-6H3. The van der Waals surface area contributed by atoms with E-state index in [0.29, 0.717) is 18.6 Å². The van der Waals surface area contributed by atoms with Crippen LogP contribution in [0.1, 0.15) is 53.9 Å². The fourth-order valence-corrected chi connectivity index (χ4v) is 3.32. The topological polar surface area (TPSA) is 53.3 Å². The molecule has 0 atom stereocenters. The summed E-state index contributed by atoms with van der Waals surface area (Å²) < 4.78 is 5.80. The van der Waals surface area contributed by atoms with Crippen molar-refractivity contribution in [1.82, 2.24) is 4.90 Å². The van der Waals surface area contributed by atoms with Gasteiger partial charge in [-0.25, -0.2) is 0 Å². The molecule has 1 fully saturated rings. The number of likely N-dealkylation sites (tertiary alicyclic amines) is 1. The molecule has 0 saturated carbocycles. The van der Waals surface area contributed by atoms with Crippen LogP contribution in [0.3, 0.4) is 0 Å². The highest BCUT2D eigenvalue weighted by Gasteiger charge is 2.48. The minimum absolute atomic E-state index is 0.00970. The summed E-state index contributed by atoms with van der Waals surface area (Å²) in [6.45, 7) is 14.3. The quantitative estimate of drug-likeness (QED) is 0.586. The summed E-state index contributed by atoms with van der Waals surface area (Å²) in [5.74, 6) is 0.00970. The Morgan fingerprint density at radius 2 is 1.85 bits per heavy atom. The monoisotopic (exact) mass is 278 g/mol. The van der Waals surface area contributed by atoms with Crippen molar-refractivity contribution < 1.29 is 9.53 Å². The van der Waals surface area contributed by atoms with Gasteiger partial charge in [0.05, 0.1) is 25.2 Å². The minimum atomic E-state index is -0.283. The van der Waals surface area contributed by atoms with Crippen LogP contribution in [0.5, 0.6) is 0 Å². The molecular formula is C16H26N2O2. The van der Waals surface area contributed by atoms with Crippen LogP contribution < -0.4 is 0 Å². The largest absolute Gasteiger partial charge is 0.377 e. The maximum atomic E-state index is 12.4. The van der Waals surface area contributed by atoms with Crippen molar-refractivity contribution in [3.8, 4) is 6.07 Å². The maximum Gasteiger partial charge on any atom is 0.249 e. The molecular weight excluding hydrogens is 252 g/mol. The second-order valence-corrected chi connectivity index (χ2v) is 6.85. The third-order valence-electron chi connectivity index (χ3n) is 3.80. The molecule has 0 N–H and O–H groups in total. The van der Waals surface area contributed by atoms with Crippen LogP contribution in [-0.4, -0.2) is 34.6 Å². The van der Waals surface area contributed by atoms with E-state index in [1.165, 1.54) is 0 Å². The van der Waals surface area contributed by atoms with Crippen LogP contribution in [0, 0.1) is 11.3 Å². The Morgan fingerprint density at radius 1 is 1.35 bits per heavy atom. The third kappa shape index (κ3) is 3.61. The molecule has 0 bridgehead atoms. The second-order valence-electron chi connectivity index (χ2n) is 6.85. The Bertz CT molecular complexity index is 414. The Kier molecular flexibility index (Phi) is 4.99. The zero-order valence-corrected chi connectivity index (χ0v) is 13.3. The van der Waals surface area contributed by atoms with E-state index in [0.717, 1.165) is 12.8 Å². The Hall–Kier alpha value is -1.34. The average molecular weight is 278 g/mol. The number of amides is 1. The normalized spacial score (nSPS) is 21.3. The van der Waals surface area contributed by atoms with E-state index in [-0.39, 0.29) is 23.1 Å². The molecule has 20 heavy (non-hydrogen) atoms. The van der Waals surface area contributed by atoms with Gasteiger partial charge in [0.2, 0.25) is 5.91 Å². The van der Waals surface area contributed by atoms with Crippen molar-refractivity contribution in [2.75, 3.05) is 6.61 Å². The summed E-state index contributed by atoms with van der Waals surface area (Å²) in [4.78, 5) is 14.4. The molecule has 0 aromatic carbocycles. The third-order valence-corrected chi connectivity index (χ3v) is 3.80. The summed E-state index contributed by atoms with van der Waals surface area (Å²) >= 11 is 0. The number of hydrogen-bond acceptors (Lipinski definition) is 3. The molecule has 0 aromatic rings. The predicted molar refractivity (Wildman–Crippen MR) is 79.0 cm³/mol. The van der Waals surface area contributed by atoms with Crippen molar-refractivity contribution in [3.05, 3.63) is 12.2 Å². The zero-order valence-electron chi connectivity index (χ0n) is 13.3. The van der Waals surface area contributed by atoms with Crippen molar-refractivity contribution in [1.29, 1.82) is 5.26 Å². The molecule has 1 rings (SSSR count). The molecule has 4 heteroatoms. The van der Waals surface area contributed by atoms with Gasteiger partial charge >= 0.3 is 0 Å². The number of carbonyl (C=O) groups is 1. The number of nitriles is 1. The summed E-state index contributed by atoms with van der Waals surface area (Å²) in [7, 11) is 0. The number of nitrogens with zero attached hydrogens (tertiary/aromatic N) is 2. The number of carbonyl (C=O) groups excluding carboxylic acids is 1. The van der Waals surface area contributed by atoms with Crippen LogP contribution in [-0.2, 0) is 9.53 Å². The molecule has 4 nitrogen and oxygen atoms in total. The van der Waals surface area contributed by atoms with Crippen LogP contribution in [0.4, 0.5) is 0 Å².